The molecule has 0 N–H and O–H groups in total. The van der Waals surface area contributed by atoms with Crippen molar-refractivity contribution in [3.05, 3.63) is 11.1 Å². The van der Waals surface area contributed by atoms with E-state index in [2.05, 4.69) is 14.5 Å². The Kier molecular flexibility index (Phi) is 5.20. The van der Waals surface area contributed by atoms with Crippen molar-refractivity contribution in [3.8, 4) is 0 Å². The predicted molar refractivity (Wildman–Crippen MR) is 70.5 cm³/mol. The number of cyclic esters (lactones) is 1. The number of methoxy groups -OCH3 is 3. The van der Waals surface area contributed by atoms with E-state index in [1.807, 2.05) is 0 Å². The SMILES string of the molecule is COC(=O)C1=C(C(=O)OC)C(C=NC(C)C)(OC)OC1=O. The maximum Gasteiger partial charge on any atom is 0.349 e. The lowest BCUT2D eigenvalue weighted by molar-refractivity contribution is -0.171. The summed E-state index contributed by atoms with van der Waals surface area (Å²) in [6.45, 7) is 3.55. The van der Waals surface area contributed by atoms with Crippen molar-refractivity contribution < 1.29 is 33.3 Å². The number of rotatable bonds is 5. The molecule has 116 valence electrons. The summed E-state index contributed by atoms with van der Waals surface area (Å²) in [5.74, 6) is -4.91. The second-order valence-corrected chi connectivity index (χ2v) is 4.37. The highest BCUT2D eigenvalue weighted by atomic mass is 16.7. The summed E-state index contributed by atoms with van der Waals surface area (Å²) in [7, 11) is 3.39. The van der Waals surface area contributed by atoms with E-state index in [0.717, 1.165) is 20.4 Å². The molecule has 1 unspecified atom stereocenters. The van der Waals surface area contributed by atoms with E-state index in [9.17, 15) is 14.4 Å². The number of esters is 3. The lowest BCUT2D eigenvalue weighted by atomic mass is 10.0. The number of carbonyl (C=O) groups excluding carboxylic acids is 3. The van der Waals surface area contributed by atoms with Gasteiger partial charge in [0.25, 0.3) is 5.79 Å². The summed E-state index contributed by atoms with van der Waals surface area (Å²) in [6, 6.07) is -0.142. The number of aliphatic imine (C=N–C) groups is 1. The highest BCUT2D eigenvalue weighted by molar-refractivity contribution is 6.23. The van der Waals surface area contributed by atoms with Gasteiger partial charge in [0.2, 0.25) is 0 Å². The van der Waals surface area contributed by atoms with Crippen LogP contribution in [0.1, 0.15) is 13.8 Å². The van der Waals surface area contributed by atoms with Gasteiger partial charge in [0.1, 0.15) is 5.57 Å². The molecular weight excluding hydrogens is 282 g/mol. The summed E-state index contributed by atoms with van der Waals surface area (Å²) >= 11 is 0. The van der Waals surface area contributed by atoms with Crippen LogP contribution in [-0.2, 0) is 33.3 Å². The zero-order chi connectivity index (χ0) is 16.2. The van der Waals surface area contributed by atoms with Gasteiger partial charge in [-0.25, -0.2) is 14.4 Å². The molecule has 0 amide bonds. The van der Waals surface area contributed by atoms with Crippen molar-refractivity contribution in [1.82, 2.24) is 0 Å². The Balaban J connectivity index is 3.51. The second-order valence-electron chi connectivity index (χ2n) is 4.37. The average Bonchev–Trinajstić information content (AvgIpc) is 2.76. The first kappa shape index (κ1) is 16.8. The molecule has 0 aliphatic carbocycles. The molecule has 8 heteroatoms. The monoisotopic (exact) mass is 299 g/mol. The molecule has 1 aliphatic rings. The largest absolute Gasteiger partial charge is 0.465 e. The third-order valence-electron chi connectivity index (χ3n) is 2.67. The Bertz CT molecular complexity index is 521. The van der Waals surface area contributed by atoms with Crippen LogP contribution in [-0.4, -0.2) is 57.3 Å². The van der Waals surface area contributed by atoms with Crippen molar-refractivity contribution in [2.45, 2.75) is 25.7 Å². The lowest BCUT2D eigenvalue weighted by Gasteiger charge is -2.23. The number of ether oxygens (including phenoxy) is 4. The van der Waals surface area contributed by atoms with Crippen LogP contribution >= 0.6 is 0 Å². The van der Waals surface area contributed by atoms with Gasteiger partial charge >= 0.3 is 17.9 Å². The minimum atomic E-state index is -1.90. The lowest BCUT2D eigenvalue weighted by Crippen LogP contribution is -2.40. The van der Waals surface area contributed by atoms with Crippen LogP contribution in [0.5, 0.6) is 0 Å². The first-order valence-electron chi connectivity index (χ1n) is 6.07. The molecule has 0 spiro atoms. The molecule has 1 aliphatic heterocycles. The fraction of sp³-hybridized carbons (Fsp3) is 0.538. The number of hydrogen-bond acceptors (Lipinski definition) is 8. The molecule has 0 aromatic rings. The fourth-order valence-electron chi connectivity index (χ4n) is 1.68. The second kappa shape index (κ2) is 6.49. The Morgan fingerprint density at radius 1 is 1.19 bits per heavy atom. The normalized spacial score (nSPS) is 21.9. The fourth-order valence-corrected chi connectivity index (χ4v) is 1.68. The van der Waals surface area contributed by atoms with E-state index in [4.69, 9.17) is 9.47 Å². The third kappa shape index (κ3) is 3.10. The van der Waals surface area contributed by atoms with Gasteiger partial charge in [0, 0.05) is 13.2 Å². The number of nitrogens with zero attached hydrogens (tertiary/aromatic N) is 1. The van der Waals surface area contributed by atoms with Gasteiger partial charge in [-0.1, -0.05) is 0 Å². The van der Waals surface area contributed by atoms with E-state index in [1.54, 1.807) is 13.8 Å². The van der Waals surface area contributed by atoms with Gasteiger partial charge in [-0.15, -0.1) is 0 Å². The van der Waals surface area contributed by atoms with Crippen LogP contribution in [0.15, 0.2) is 16.1 Å². The molecule has 8 nitrogen and oxygen atoms in total. The predicted octanol–water partition coefficient (Wildman–Crippen LogP) is 0.00770. The van der Waals surface area contributed by atoms with Gasteiger partial charge < -0.3 is 18.9 Å². The maximum absolute atomic E-state index is 11.9. The Labute approximate surface area is 121 Å². The number of hydrogen-bond donors (Lipinski definition) is 0. The Hall–Kier alpha value is -2.22. The van der Waals surface area contributed by atoms with Crippen molar-refractivity contribution in [2.24, 2.45) is 4.99 Å². The van der Waals surface area contributed by atoms with Crippen LogP contribution < -0.4 is 0 Å². The first-order chi connectivity index (χ1) is 9.82. The van der Waals surface area contributed by atoms with Gasteiger partial charge in [-0.05, 0) is 13.8 Å². The third-order valence-corrected chi connectivity index (χ3v) is 2.67. The molecular formula is C13H17NO7. The smallest absolute Gasteiger partial charge is 0.349 e. The molecule has 0 bridgehead atoms. The molecule has 0 radical (unpaired) electrons. The molecule has 1 rings (SSSR count). The molecule has 0 saturated carbocycles. The molecule has 21 heavy (non-hydrogen) atoms. The van der Waals surface area contributed by atoms with E-state index >= 15 is 0 Å². The summed E-state index contributed by atoms with van der Waals surface area (Å²) in [5, 5.41) is 0. The molecule has 0 saturated heterocycles. The zero-order valence-electron chi connectivity index (χ0n) is 12.5. The van der Waals surface area contributed by atoms with Gasteiger partial charge in [-0.2, -0.15) is 0 Å². The quantitative estimate of drug-likeness (QED) is 0.305. The molecule has 0 fully saturated rings. The molecule has 1 heterocycles. The van der Waals surface area contributed by atoms with E-state index in [0.29, 0.717) is 0 Å². The van der Waals surface area contributed by atoms with Crippen molar-refractivity contribution >= 4 is 24.1 Å². The topological polar surface area (TPSA) is 100 Å². The minimum absolute atomic E-state index is 0.142. The van der Waals surface area contributed by atoms with Crippen molar-refractivity contribution in [1.29, 1.82) is 0 Å². The molecule has 1 atom stereocenters. The Morgan fingerprint density at radius 2 is 1.76 bits per heavy atom. The summed E-state index contributed by atoms with van der Waals surface area (Å²) in [4.78, 5) is 39.6. The van der Waals surface area contributed by atoms with E-state index in [1.165, 1.54) is 7.11 Å². The highest BCUT2D eigenvalue weighted by Gasteiger charge is 2.54. The van der Waals surface area contributed by atoms with Crippen LogP contribution in [0.4, 0.5) is 0 Å². The van der Waals surface area contributed by atoms with Crippen LogP contribution in [0.25, 0.3) is 0 Å². The Morgan fingerprint density at radius 3 is 2.19 bits per heavy atom. The van der Waals surface area contributed by atoms with Crippen molar-refractivity contribution in [2.75, 3.05) is 21.3 Å². The summed E-state index contributed by atoms with van der Waals surface area (Å²) in [6.07, 6.45) is 1.15. The standard InChI is InChI=1S/C13H17NO7/c1-7(2)14-6-13(20-5)9(12(17)19-4)8(10(15)18-3)11(16)21-13/h6-7H,1-5H3. The van der Waals surface area contributed by atoms with Crippen molar-refractivity contribution in [3.63, 3.8) is 0 Å². The van der Waals surface area contributed by atoms with E-state index < -0.39 is 34.8 Å². The maximum atomic E-state index is 11.9. The first-order valence-corrected chi connectivity index (χ1v) is 6.07. The highest BCUT2D eigenvalue weighted by Crippen LogP contribution is 2.34. The average molecular weight is 299 g/mol. The summed E-state index contributed by atoms with van der Waals surface area (Å²) < 4.78 is 19.2. The molecule has 0 aromatic carbocycles. The van der Waals surface area contributed by atoms with Crippen LogP contribution in [0, 0.1) is 0 Å². The van der Waals surface area contributed by atoms with Gasteiger partial charge in [-0.3, -0.25) is 4.99 Å². The molecule has 0 aromatic heterocycles. The van der Waals surface area contributed by atoms with Crippen LogP contribution in [0.2, 0.25) is 0 Å². The van der Waals surface area contributed by atoms with Gasteiger partial charge in [0.15, 0.2) is 5.57 Å². The van der Waals surface area contributed by atoms with E-state index in [-0.39, 0.29) is 6.04 Å². The summed E-state index contributed by atoms with van der Waals surface area (Å²) in [5.41, 5.74) is -0.963. The number of carbonyl (C=O) groups is 3. The van der Waals surface area contributed by atoms with Gasteiger partial charge in [0.05, 0.1) is 20.4 Å². The van der Waals surface area contributed by atoms with Crippen LogP contribution in [0.3, 0.4) is 0 Å². The zero-order valence-corrected chi connectivity index (χ0v) is 12.5. The minimum Gasteiger partial charge on any atom is -0.465 e.